The fourth-order valence-corrected chi connectivity index (χ4v) is 4.25. The number of rotatable bonds is 9. The van der Waals surface area contributed by atoms with Gasteiger partial charge in [0.25, 0.3) is 0 Å². The summed E-state index contributed by atoms with van der Waals surface area (Å²) in [4.78, 5) is 27.8. The first-order chi connectivity index (χ1) is 15.7. The molecule has 1 N–H and O–H groups in total. The number of anilines is 1. The molecule has 10 heteroatoms. The molecule has 7 nitrogen and oxygen atoms in total. The molecule has 0 radical (unpaired) electrons. The average Bonchev–Trinajstić information content (AvgIpc) is 2.71. The van der Waals surface area contributed by atoms with Crippen LogP contribution in [0.4, 0.5) is 14.5 Å². The van der Waals surface area contributed by atoms with Crippen LogP contribution in [0, 0.1) is 11.6 Å². The Morgan fingerprint density at radius 2 is 1.65 bits per heavy atom. The van der Waals surface area contributed by atoms with Gasteiger partial charge >= 0.3 is 0 Å². The Kier molecular flexibility index (Phi) is 8.77. The smallest absolute Gasteiger partial charge is 0.244 e. The van der Waals surface area contributed by atoms with Crippen molar-refractivity contribution in [1.29, 1.82) is 0 Å². The van der Waals surface area contributed by atoms with E-state index in [0.717, 1.165) is 22.7 Å². The standard InChI is InChI=1S/C24H31F2N3O4S/c1-6-21(23(31)27-24(2,3)4)28(15-17-10-12-18(25)13-11-17)22(30)16-29(34(5,32)33)20-9-7-8-19(26)14-20/h7-14,21H,6,15-16H2,1-5H3,(H,27,31). The molecule has 0 bridgehead atoms. The van der Waals surface area contributed by atoms with Crippen molar-refractivity contribution in [3.05, 3.63) is 65.7 Å². The van der Waals surface area contributed by atoms with Crippen LogP contribution in [0.5, 0.6) is 0 Å². The molecule has 0 aliphatic heterocycles. The monoisotopic (exact) mass is 495 g/mol. The average molecular weight is 496 g/mol. The van der Waals surface area contributed by atoms with E-state index < -0.39 is 51.6 Å². The molecule has 0 aliphatic rings. The van der Waals surface area contributed by atoms with Gasteiger partial charge in [0.15, 0.2) is 0 Å². The van der Waals surface area contributed by atoms with Crippen LogP contribution in [0.25, 0.3) is 0 Å². The topological polar surface area (TPSA) is 86.8 Å². The van der Waals surface area contributed by atoms with E-state index in [1.807, 2.05) is 0 Å². The zero-order valence-corrected chi connectivity index (χ0v) is 20.8. The van der Waals surface area contributed by atoms with Gasteiger partial charge in [-0.1, -0.05) is 25.1 Å². The molecular formula is C24H31F2N3O4S. The number of nitrogens with one attached hydrogen (secondary N) is 1. The van der Waals surface area contributed by atoms with E-state index in [0.29, 0.717) is 5.56 Å². The summed E-state index contributed by atoms with van der Waals surface area (Å²) in [7, 11) is -3.95. The van der Waals surface area contributed by atoms with Gasteiger partial charge in [-0.15, -0.1) is 0 Å². The molecule has 186 valence electrons. The van der Waals surface area contributed by atoms with Crippen LogP contribution < -0.4 is 9.62 Å². The SMILES string of the molecule is CCC(C(=O)NC(C)(C)C)N(Cc1ccc(F)cc1)C(=O)CN(c1cccc(F)c1)S(C)(=O)=O. The Labute approximate surface area is 199 Å². The van der Waals surface area contributed by atoms with Crippen LogP contribution in [0.1, 0.15) is 39.7 Å². The zero-order chi connectivity index (χ0) is 25.7. The Balaban J connectivity index is 2.45. The fourth-order valence-electron chi connectivity index (χ4n) is 3.40. The quantitative estimate of drug-likeness (QED) is 0.577. The summed E-state index contributed by atoms with van der Waals surface area (Å²) in [6.07, 6.45) is 1.17. The number of amides is 2. The van der Waals surface area contributed by atoms with E-state index in [9.17, 15) is 26.8 Å². The van der Waals surface area contributed by atoms with Gasteiger partial charge in [0.05, 0.1) is 11.9 Å². The molecule has 0 spiro atoms. The largest absolute Gasteiger partial charge is 0.350 e. The Bertz CT molecular complexity index is 1120. The highest BCUT2D eigenvalue weighted by Crippen LogP contribution is 2.21. The van der Waals surface area contributed by atoms with E-state index in [-0.39, 0.29) is 18.7 Å². The lowest BCUT2D eigenvalue weighted by Crippen LogP contribution is -2.55. The second-order valence-electron chi connectivity index (χ2n) is 9.06. The van der Waals surface area contributed by atoms with Crippen LogP contribution >= 0.6 is 0 Å². The van der Waals surface area contributed by atoms with Gasteiger partial charge < -0.3 is 10.2 Å². The number of nitrogens with zero attached hydrogens (tertiary/aromatic N) is 2. The van der Waals surface area contributed by atoms with Gasteiger partial charge in [-0.05, 0) is 63.1 Å². The third kappa shape index (κ3) is 7.79. The van der Waals surface area contributed by atoms with E-state index in [1.165, 1.54) is 41.3 Å². The summed E-state index contributed by atoms with van der Waals surface area (Å²) < 4.78 is 52.9. The number of hydrogen-bond acceptors (Lipinski definition) is 4. The number of halogens is 2. The lowest BCUT2D eigenvalue weighted by atomic mass is 10.1. The maximum absolute atomic E-state index is 13.8. The van der Waals surface area contributed by atoms with Gasteiger partial charge in [0, 0.05) is 12.1 Å². The lowest BCUT2D eigenvalue weighted by Gasteiger charge is -2.34. The Morgan fingerprint density at radius 3 is 2.15 bits per heavy atom. The molecule has 2 rings (SSSR count). The minimum Gasteiger partial charge on any atom is -0.350 e. The first-order valence-electron chi connectivity index (χ1n) is 10.8. The van der Waals surface area contributed by atoms with Gasteiger partial charge in [-0.25, -0.2) is 17.2 Å². The second kappa shape index (κ2) is 10.9. The van der Waals surface area contributed by atoms with Crippen LogP contribution in [-0.4, -0.2) is 49.5 Å². The van der Waals surface area contributed by atoms with Crippen molar-refractivity contribution in [2.45, 2.75) is 52.2 Å². The van der Waals surface area contributed by atoms with Crippen LogP contribution in [0.3, 0.4) is 0 Å². The number of benzene rings is 2. The van der Waals surface area contributed by atoms with Crippen molar-refractivity contribution in [2.24, 2.45) is 0 Å². The van der Waals surface area contributed by atoms with Crippen LogP contribution in [0.2, 0.25) is 0 Å². The molecular weight excluding hydrogens is 464 g/mol. The summed E-state index contributed by atoms with van der Waals surface area (Å²) in [5.41, 5.74) is -0.00618. The number of carbonyl (C=O) groups is 2. The highest BCUT2D eigenvalue weighted by molar-refractivity contribution is 7.92. The number of carbonyl (C=O) groups excluding carboxylic acids is 2. The molecule has 2 aromatic rings. The molecule has 0 fully saturated rings. The molecule has 0 saturated carbocycles. The van der Waals surface area contributed by atoms with E-state index >= 15 is 0 Å². The maximum atomic E-state index is 13.8. The predicted octanol–water partition coefficient (Wildman–Crippen LogP) is 3.45. The normalized spacial score (nSPS) is 12.7. The highest BCUT2D eigenvalue weighted by atomic mass is 32.2. The minimum absolute atomic E-state index is 0.00947. The van der Waals surface area contributed by atoms with Crippen molar-refractivity contribution < 1.29 is 26.8 Å². The first kappa shape index (κ1) is 27.2. The zero-order valence-electron chi connectivity index (χ0n) is 20.0. The molecule has 0 aliphatic carbocycles. The van der Waals surface area contributed by atoms with Gasteiger partial charge in [0.1, 0.15) is 24.2 Å². The lowest BCUT2D eigenvalue weighted by molar-refractivity contribution is -0.141. The third-order valence-corrected chi connectivity index (χ3v) is 6.07. The van der Waals surface area contributed by atoms with Crippen LogP contribution in [0.15, 0.2) is 48.5 Å². The molecule has 1 unspecified atom stereocenters. The Morgan fingerprint density at radius 1 is 1.03 bits per heavy atom. The molecule has 1 atom stereocenters. The Hall–Kier alpha value is -3.01. The summed E-state index contributed by atoms with van der Waals surface area (Å²) in [6, 6.07) is 9.45. The molecule has 0 saturated heterocycles. The van der Waals surface area contributed by atoms with Crippen molar-refractivity contribution in [2.75, 3.05) is 17.1 Å². The summed E-state index contributed by atoms with van der Waals surface area (Å²) in [5.74, 6) is -2.16. The second-order valence-corrected chi connectivity index (χ2v) is 11.0. The van der Waals surface area contributed by atoms with E-state index in [2.05, 4.69) is 5.32 Å². The predicted molar refractivity (Wildman–Crippen MR) is 128 cm³/mol. The number of sulfonamides is 1. The minimum atomic E-state index is -3.95. The molecule has 2 amide bonds. The third-order valence-electron chi connectivity index (χ3n) is 4.93. The van der Waals surface area contributed by atoms with Gasteiger partial charge in [-0.3, -0.25) is 13.9 Å². The van der Waals surface area contributed by atoms with Crippen molar-refractivity contribution in [3.63, 3.8) is 0 Å². The maximum Gasteiger partial charge on any atom is 0.244 e. The summed E-state index contributed by atoms with van der Waals surface area (Å²) in [6.45, 7) is 6.47. The van der Waals surface area contributed by atoms with Gasteiger partial charge in [0.2, 0.25) is 21.8 Å². The van der Waals surface area contributed by atoms with Crippen molar-refractivity contribution in [1.82, 2.24) is 10.2 Å². The van der Waals surface area contributed by atoms with Crippen molar-refractivity contribution >= 4 is 27.5 Å². The summed E-state index contributed by atoms with van der Waals surface area (Å²) >= 11 is 0. The fraction of sp³-hybridized carbons (Fsp3) is 0.417. The van der Waals surface area contributed by atoms with E-state index in [1.54, 1.807) is 27.7 Å². The van der Waals surface area contributed by atoms with E-state index in [4.69, 9.17) is 0 Å². The summed E-state index contributed by atoms with van der Waals surface area (Å²) in [5, 5.41) is 2.85. The van der Waals surface area contributed by atoms with Crippen molar-refractivity contribution in [3.8, 4) is 0 Å². The molecule has 2 aromatic carbocycles. The highest BCUT2D eigenvalue weighted by Gasteiger charge is 2.33. The number of hydrogen-bond donors (Lipinski definition) is 1. The molecule has 0 aromatic heterocycles. The van der Waals surface area contributed by atoms with Gasteiger partial charge in [-0.2, -0.15) is 0 Å². The molecule has 34 heavy (non-hydrogen) atoms. The molecule has 0 heterocycles. The first-order valence-corrected chi connectivity index (χ1v) is 12.7. The van der Waals surface area contributed by atoms with Crippen LogP contribution in [-0.2, 0) is 26.2 Å².